The summed E-state index contributed by atoms with van der Waals surface area (Å²) in [6.07, 6.45) is -0.0643. The summed E-state index contributed by atoms with van der Waals surface area (Å²) < 4.78 is 12.3. The topological polar surface area (TPSA) is 55.8 Å². The first-order valence-corrected chi connectivity index (χ1v) is 10.00. The molecule has 1 heterocycles. The maximum atomic E-state index is 13.2. The van der Waals surface area contributed by atoms with Crippen molar-refractivity contribution in [1.29, 1.82) is 0 Å². The molecule has 0 aromatic heterocycles. The molecule has 0 N–H and O–H groups in total. The first-order chi connectivity index (χ1) is 13.2. The maximum absolute atomic E-state index is 13.2. The average molecular weight is 446 g/mol. The number of imide groups is 1. The van der Waals surface area contributed by atoms with Crippen LogP contribution in [0.5, 0.6) is 5.75 Å². The van der Waals surface area contributed by atoms with E-state index < -0.39 is 11.7 Å². The van der Waals surface area contributed by atoms with Crippen LogP contribution in [0.2, 0.25) is 0 Å². The van der Waals surface area contributed by atoms with Crippen molar-refractivity contribution in [3.63, 3.8) is 0 Å². The number of carbonyl (C=O) groups is 2. The van der Waals surface area contributed by atoms with Gasteiger partial charge in [-0.15, -0.1) is 0 Å². The van der Waals surface area contributed by atoms with E-state index in [2.05, 4.69) is 15.9 Å². The fourth-order valence-electron chi connectivity index (χ4n) is 3.12. The molecule has 0 fully saturated rings. The molecule has 1 aliphatic rings. The van der Waals surface area contributed by atoms with Crippen LogP contribution in [0.25, 0.3) is 0 Å². The Morgan fingerprint density at radius 2 is 1.89 bits per heavy atom. The molecule has 2 amide bonds. The average Bonchev–Trinajstić information content (AvgIpc) is 2.63. The smallest absolute Gasteiger partial charge is 0.417 e. The van der Waals surface area contributed by atoms with Gasteiger partial charge in [-0.3, -0.25) is 4.79 Å². The predicted octanol–water partition coefficient (Wildman–Crippen LogP) is 5.27. The summed E-state index contributed by atoms with van der Waals surface area (Å²) in [5.74, 6) is 0.0868. The van der Waals surface area contributed by atoms with E-state index >= 15 is 0 Å². The van der Waals surface area contributed by atoms with Gasteiger partial charge >= 0.3 is 6.09 Å². The molecule has 0 bridgehead atoms. The van der Waals surface area contributed by atoms with Crippen molar-refractivity contribution < 1.29 is 19.1 Å². The molecule has 6 heteroatoms. The van der Waals surface area contributed by atoms with Crippen LogP contribution in [0, 0.1) is 6.92 Å². The summed E-state index contributed by atoms with van der Waals surface area (Å²) in [6.45, 7) is 7.92. The molecule has 0 unspecified atom stereocenters. The van der Waals surface area contributed by atoms with E-state index in [-0.39, 0.29) is 12.5 Å². The van der Waals surface area contributed by atoms with Crippen molar-refractivity contribution >= 4 is 27.9 Å². The molecule has 0 radical (unpaired) electrons. The molecular formula is C22H24BrNO4. The monoisotopic (exact) mass is 445 g/mol. The zero-order chi connectivity index (χ0) is 20.5. The highest BCUT2D eigenvalue weighted by atomic mass is 79.9. The standard InChI is InChI=1S/C22H24BrNO4/c1-14-16-10-11-24(21(26)28-22(2,3)4)20(25)19(16)18(12-17(14)23)27-13-15-8-6-5-7-9-15/h5-9,12H,10-11,13H2,1-4H3. The lowest BCUT2D eigenvalue weighted by Gasteiger charge is -2.31. The first-order valence-electron chi connectivity index (χ1n) is 9.21. The summed E-state index contributed by atoms with van der Waals surface area (Å²) in [7, 11) is 0. The fourth-order valence-corrected chi connectivity index (χ4v) is 3.57. The van der Waals surface area contributed by atoms with Gasteiger partial charge in [0.2, 0.25) is 0 Å². The predicted molar refractivity (Wildman–Crippen MR) is 111 cm³/mol. The molecule has 2 aromatic carbocycles. The number of hydrogen-bond acceptors (Lipinski definition) is 4. The molecule has 0 atom stereocenters. The van der Waals surface area contributed by atoms with E-state index in [0.717, 1.165) is 26.1 Å². The third kappa shape index (κ3) is 4.38. The van der Waals surface area contributed by atoms with Crippen molar-refractivity contribution in [2.75, 3.05) is 6.54 Å². The molecule has 148 valence electrons. The number of fused-ring (bicyclic) bond motifs is 1. The molecule has 3 rings (SSSR count). The number of amides is 2. The Morgan fingerprint density at radius 3 is 2.54 bits per heavy atom. The summed E-state index contributed by atoms with van der Waals surface area (Å²) in [5.41, 5.74) is 2.66. The Kier molecular flexibility index (Phi) is 5.79. The SMILES string of the molecule is Cc1c(Br)cc(OCc2ccccc2)c2c1CCN(C(=O)OC(C)(C)C)C2=O. The number of benzene rings is 2. The maximum Gasteiger partial charge on any atom is 0.417 e. The van der Waals surface area contributed by atoms with Gasteiger partial charge in [0.15, 0.2) is 0 Å². The third-order valence-electron chi connectivity index (χ3n) is 4.51. The number of halogens is 1. The van der Waals surface area contributed by atoms with Gasteiger partial charge in [-0.05, 0) is 56.9 Å². The lowest BCUT2D eigenvalue weighted by molar-refractivity contribution is 0.0232. The van der Waals surface area contributed by atoms with Crippen molar-refractivity contribution in [1.82, 2.24) is 4.90 Å². The fraction of sp³-hybridized carbons (Fsp3) is 0.364. The summed E-state index contributed by atoms with van der Waals surface area (Å²) >= 11 is 3.56. The normalized spacial score (nSPS) is 13.9. The highest BCUT2D eigenvalue weighted by Crippen LogP contribution is 2.36. The van der Waals surface area contributed by atoms with Crippen LogP contribution in [-0.2, 0) is 17.8 Å². The number of ether oxygens (including phenoxy) is 2. The van der Waals surface area contributed by atoms with Crippen LogP contribution in [0.3, 0.4) is 0 Å². The van der Waals surface area contributed by atoms with Crippen LogP contribution in [0.15, 0.2) is 40.9 Å². The molecule has 28 heavy (non-hydrogen) atoms. The second kappa shape index (κ2) is 7.95. The molecule has 5 nitrogen and oxygen atoms in total. The van der Waals surface area contributed by atoms with E-state index in [1.54, 1.807) is 26.8 Å². The van der Waals surface area contributed by atoms with E-state index in [1.165, 1.54) is 0 Å². The summed E-state index contributed by atoms with van der Waals surface area (Å²) in [5, 5.41) is 0. The third-order valence-corrected chi connectivity index (χ3v) is 5.34. The van der Waals surface area contributed by atoms with Gasteiger partial charge < -0.3 is 9.47 Å². The van der Waals surface area contributed by atoms with Crippen LogP contribution >= 0.6 is 15.9 Å². The minimum absolute atomic E-state index is 0.288. The Hall–Kier alpha value is -2.34. The molecule has 1 aliphatic heterocycles. The molecule has 0 spiro atoms. The minimum Gasteiger partial charge on any atom is -0.488 e. The molecular weight excluding hydrogens is 422 g/mol. The Labute approximate surface area is 173 Å². The zero-order valence-electron chi connectivity index (χ0n) is 16.5. The van der Waals surface area contributed by atoms with Gasteiger partial charge in [0.25, 0.3) is 5.91 Å². The minimum atomic E-state index is -0.667. The van der Waals surface area contributed by atoms with Gasteiger partial charge in [-0.1, -0.05) is 46.3 Å². The van der Waals surface area contributed by atoms with Gasteiger partial charge in [0.1, 0.15) is 18.0 Å². The second-order valence-electron chi connectivity index (χ2n) is 7.80. The second-order valence-corrected chi connectivity index (χ2v) is 8.65. The molecule has 0 saturated heterocycles. The zero-order valence-corrected chi connectivity index (χ0v) is 18.1. The van der Waals surface area contributed by atoms with Gasteiger partial charge in [0, 0.05) is 11.0 Å². The highest BCUT2D eigenvalue weighted by Gasteiger charge is 2.35. The Bertz CT molecular complexity index is 903. The lowest BCUT2D eigenvalue weighted by Crippen LogP contribution is -2.45. The van der Waals surface area contributed by atoms with Crippen molar-refractivity contribution in [2.24, 2.45) is 0 Å². The Morgan fingerprint density at radius 1 is 1.21 bits per heavy atom. The Balaban J connectivity index is 1.93. The summed E-state index contributed by atoms with van der Waals surface area (Å²) in [4.78, 5) is 26.8. The van der Waals surface area contributed by atoms with Gasteiger partial charge in [-0.2, -0.15) is 0 Å². The number of rotatable bonds is 3. The van der Waals surface area contributed by atoms with Crippen molar-refractivity contribution in [2.45, 2.75) is 46.3 Å². The van der Waals surface area contributed by atoms with Gasteiger partial charge in [0.05, 0.1) is 5.56 Å². The molecule has 0 aliphatic carbocycles. The van der Waals surface area contributed by atoms with Crippen LogP contribution in [0.4, 0.5) is 4.79 Å². The highest BCUT2D eigenvalue weighted by molar-refractivity contribution is 9.10. The van der Waals surface area contributed by atoms with E-state index in [1.807, 2.05) is 37.3 Å². The molecule has 0 saturated carbocycles. The lowest BCUT2D eigenvalue weighted by atomic mass is 9.94. The first kappa shape index (κ1) is 20.4. The van der Waals surface area contributed by atoms with E-state index in [4.69, 9.17) is 9.47 Å². The largest absolute Gasteiger partial charge is 0.488 e. The molecule has 2 aromatic rings. The van der Waals surface area contributed by atoms with Gasteiger partial charge in [-0.25, -0.2) is 9.69 Å². The van der Waals surface area contributed by atoms with Crippen LogP contribution < -0.4 is 4.74 Å². The number of nitrogens with zero attached hydrogens (tertiary/aromatic N) is 1. The van der Waals surface area contributed by atoms with E-state index in [0.29, 0.717) is 24.3 Å². The van der Waals surface area contributed by atoms with Crippen molar-refractivity contribution in [3.05, 3.63) is 63.1 Å². The number of hydrogen-bond donors (Lipinski definition) is 0. The van der Waals surface area contributed by atoms with E-state index in [9.17, 15) is 9.59 Å². The summed E-state index contributed by atoms with van der Waals surface area (Å²) in [6, 6.07) is 11.5. The van der Waals surface area contributed by atoms with Crippen LogP contribution in [0.1, 0.15) is 47.8 Å². The van der Waals surface area contributed by atoms with Crippen LogP contribution in [-0.4, -0.2) is 29.0 Å². The quantitative estimate of drug-likeness (QED) is 0.645. The number of carbonyl (C=O) groups excluding carboxylic acids is 2. The van der Waals surface area contributed by atoms with Crippen molar-refractivity contribution in [3.8, 4) is 5.75 Å².